The van der Waals surface area contributed by atoms with Gasteiger partial charge in [-0.2, -0.15) is 0 Å². The fraction of sp³-hybridized carbons (Fsp3) is 0.800. The van der Waals surface area contributed by atoms with Gasteiger partial charge in [0.05, 0.1) is 0 Å². The topological polar surface area (TPSA) is 78.0 Å². The fourth-order valence-electron chi connectivity index (χ4n) is 2.42. The summed E-state index contributed by atoms with van der Waals surface area (Å²) in [6, 6.07) is 0. The number of primary sulfonamides is 1. The maximum Gasteiger partial charge on any atom is 0.257 e. The molecule has 0 radical (unpaired) electrons. The van der Waals surface area contributed by atoms with Gasteiger partial charge in [0.1, 0.15) is 5.82 Å². The van der Waals surface area contributed by atoms with E-state index in [1.807, 2.05) is 4.57 Å². The van der Waals surface area contributed by atoms with Crippen molar-refractivity contribution >= 4 is 10.0 Å². The van der Waals surface area contributed by atoms with Crippen LogP contribution in [0.3, 0.4) is 0 Å². The first-order chi connectivity index (χ1) is 9.99. The largest absolute Gasteiger partial charge is 0.333 e. The molecule has 0 atom stereocenters. The van der Waals surface area contributed by atoms with Crippen LogP contribution in [0.2, 0.25) is 0 Å². The van der Waals surface area contributed by atoms with Crippen LogP contribution in [0.5, 0.6) is 0 Å². The van der Waals surface area contributed by atoms with Crippen LogP contribution in [-0.4, -0.2) is 18.0 Å². The minimum atomic E-state index is -3.70. The number of hydrogen-bond donors (Lipinski definition) is 1. The van der Waals surface area contributed by atoms with Crippen molar-refractivity contribution in [3.8, 4) is 0 Å². The van der Waals surface area contributed by atoms with E-state index in [1.54, 1.807) is 6.20 Å². The van der Waals surface area contributed by atoms with Crippen molar-refractivity contribution in [1.82, 2.24) is 9.55 Å². The highest BCUT2D eigenvalue weighted by Crippen LogP contribution is 2.13. The monoisotopic (exact) mass is 315 g/mol. The predicted molar refractivity (Wildman–Crippen MR) is 85.6 cm³/mol. The van der Waals surface area contributed by atoms with Gasteiger partial charge in [-0.1, -0.05) is 52.4 Å². The highest BCUT2D eigenvalue weighted by Gasteiger charge is 2.15. The van der Waals surface area contributed by atoms with Crippen molar-refractivity contribution in [2.45, 2.75) is 83.2 Å². The van der Waals surface area contributed by atoms with E-state index >= 15 is 0 Å². The van der Waals surface area contributed by atoms with E-state index in [1.165, 1.54) is 38.5 Å². The Bertz CT molecular complexity index is 509. The van der Waals surface area contributed by atoms with Crippen LogP contribution in [-0.2, 0) is 23.0 Å². The molecular formula is C15H29N3O2S. The van der Waals surface area contributed by atoms with Crippen molar-refractivity contribution in [1.29, 1.82) is 0 Å². The second-order valence-corrected chi connectivity index (χ2v) is 7.11. The van der Waals surface area contributed by atoms with Crippen molar-refractivity contribution in [2.75, 3.05) is 0 Å². The minimum absolute atomic E-state index is 0.00565. The molecule has 122 valence electrons. The van der Waals surface area contributed by atoms with Gasteiger partial charge in [0.25, 0.3) is 10.0 Å². The molecular weight excluding hydrogens is 286 g/mol. The number of imidazole rings is 1. The van der Waals surface area contributed by atoms with Crippen molar-refractivity contribution < 1.29 is 8.42 Å². The van der Waals surface area contributed by atoms with E-state index in [9.17, 15) is 8.42 Å². The van der Waals surface area contributed by atoms with Crippen LogP contribution in [0.4, 0.5) is 0 Å². The molecule has 0 fully saturated rings. The summed E-state index contributed by atoms with van der Waals surface area (Å²) in [4.78, 5) is 4.16. The number of hydrogen-bond acceptors (Lipinski definition) is 3. The number of sulfonamides is 1. The van der Waals surface area contributed by atoms with Gasteiger partial charge >= 0.3 is 0 Å². The highest BCUT2D eigenvalue weighted by molar-refractivity contribution is 7.89. The molecule has 0 aromatic carbocycles. The van der Waals surface area contributed by atoms with Crippen molar-refractivity contribution in [2.24, 2.45) is 5.14 Å². The fourth-order valence-corrected chi connectivity index (χ4v) is 2.93. The van der Waals surface area contributed by atoms with Crippen LogP contribution < -0.4 is 5.14 Å². The normalized spacial score (nSPS) is 12.0. The molecule has 0 aliphatic carbocycles. The SMILES string of the molecule is CCCCCCCCCn1cc(S(N)(=O)=O)nc1CCC. The Balaban J connectivity index is 2.48. The number of unbranched alkanes of at least 4 members (excludes halogenated alkanes) is 6. The zero-order valence-electron chi connectivity index (χ0n) is 13.3. The Morgan fingerprint density at radius 2 is 1.67 bits per heavy atom. The van der Waals surface area contributed by atoms with E-state index < -0.39 is 10.0 Å². The molecule has 0 unspecified atom stereocenters. The molecule has 0 amide bonds. The molecule has 1 aromatic rings. The number of aromatic nitrogens is 2. The maximum atomic E-state index is 11.4. The second kappa shape index (κ2) is 9.20. The van der Waals surface area contributed by atoms with Gasteiger partial charge in [0.2, 0.25) is 0 Å². The summed E-state index contributed by atoms with van der Waals surface area (Å²) in [5.74, 6) is 0.826. The van der Waals surface area contributed by atoms with E-state index in [4.69, 9.17) is 5.14 Å². The lowest BCUT2D eigenvalue weighted by molar-refractivity contribution is 0.538. The Kier molecular flexibility index (Phi) is 7.96. The summed E-state index contributed by atoms with van der Waals surface area (Å²) in [5, 5.41) is 5.15. The summed E-state index contributed by atoms with van der Waals surface area (Å²) in [5.41, 5.74) is 0. The number of nitrogens with zero attached hydrogens (tertiary/aromatic N) is 2. The molecule has 1 rings (SSSR count). The molecule has 0 saturated carbocycles. The lowest BCUT2D eigenvalue weighted by Gasteiger charge is -2.06. The number of rotatable bonds is 11. The molecule has 0 spiro atoms. The smallest absolute Gasteiger partial charge is 0.257 e. The third-order valence-corrected chi connectivity index (χ3v) is 4.38. The molecule has 6 heteroatoms. The average Bonchev–Trinajstić information content (AvgIpc) is 2.81. The molecule has 1 aromatic heterocycles. The third-order valence-electron chi connectivity index (χ3n) is 3.60. The summed E-state index contributed by atoms with van der Waals surface area (Å²) < 4.78 is 24.7. The van der Waals surface area contributed by atoms with Crippen LogP contribution >= 0.6 is 0 Å². The summed E-state index contributed by atoms with van der Waals surface area (Å²) >= 11 is 0. The average molecular weight is 315 g/mol. The molecule has 2 N–H and O–H groups in total. The van der Waals surface area contributed by atoms with E-state index in [0.717, 1.165) is 31.6 Å². The zero-order chi connectivity index (χ0) is 15.7. The van der Waals surface area contributed by atoms with Gasteiger partial charge in [-0.05, 0) is 12.8 Å². The zero-order valence-corrected chi connectivity index (χ0v) is 14.2. The van der Waals surface area contributed by atoms with Gasteiger partial charge in [-0.15, -0.1) is 0 Å². The minimum Gasteiger partial charge on any atom is -0.333 e. The number of nitrogens with two attached hydrogens (primary N) is 1. The first kappa shape index (κ1) is 18.2. The molecule has 0 bridgehead atoms. The first-order valence-corrected chi connectivity index (χ1v) is 9.62. The Morgan fingerprint density at radius 1 is 1.05 bits per heavy atom. The molecule has 0 saturated heterocycles. The molecule has 0 aliphatic heterocycles. The molecule has 5 nitrogen and oxygen atoms in total. The maximum absolute atomic E-state index is 11.4. The van der Waals surface area contributed by atoms with Crippen molar-refractivity contribution in [3.63, 3.8) is 0 Å². The Labute approximate surface area is 129 Å². The van der Waals surface area contributed by atoms with Gasteiger partial charge in [-0.25, -0.2) is 18.5 Å². The highest BCUT2D eigenvalue weighted by atomic mass is 32.2. The quantitative estimate of drug-likeness (QED) is 0.637. The third kappa shape index (κ3) is 6.61. The van der Waals surface area contributed by atoms with Crippen LogP contribution in [0, 0.1) is 0 Å². The Morgan fingerprint density at radius 3 is 2.24 bits per heavy atom. The molecule has 21 heavy (non-hydrogen) atoms. The first-order valence-electron chi connectivity index (χ1n) is 8.07. The van der Waals surface area contributed by atoms with Crippen LogP contribution in [0.1, 0.15) is 71.0 Å². The molecule has 0 aliphatic rings. The van der Waals surface area contributed by atoms with Gasteiger partial charge in [0.15, 0.2) is 5.03 Å². The lowest BCUT2D eigenvalue weighted by Crippen LogP contribution is -2.12. The predicted octanol–water partition coefficient (Wildman–Crippen LogP) is 3.23. The summed E-state index contributed by atoms with van der Waals surface area (Å²) in [6.45, 7) is 5.10. The van der Waals surface area contributed by atoms with E-state index in [-0.39, 0.29) is 5.03 Å². The second-order valence-electron chi connectivity index (χ2n) is 5.61. The number of aryl methyl sites for hydroxylation is 2. The standard InChI is InChI=1S/C15H29N3O2S/c1-3-5-6-7-8-9-10-12-18-13-15(21(16,19)20)17-14(18)11-4-2/h13H,3-12H2,1-2H3,(H2,16,19,20). The summed E-state index contributed by atoms with van der Waals surface area (Å²) in [7, 11) is -3.70. The molecule has 1 heterocycles. The summed E-state index contributed by atoms with van der Waals surface area (Å²) in [6.07, 6.45) is 12.0. The van der Waals surface area contributed by atoms with Gasteiger partial charge in [0, 0.05) is 19.2 Å². The lowest BCUT2D eigenvalue weighted by atomic mass is 10.1. The van der Waals surface area contributed by atoms with Crippen molar-refractivity contribution in [3.05, 3.63) is 12.0 Å². The van der Waals surface area contributed by atoms with Gasteiger partial charge < -0.3 is 4.57 Å². The van der Waals surface area contributed by atoms with Crippen LogP contribution in [0.15, 0.2) is 11.2 Å². The van der Waals surface area contributed by atoms with E-state index in [0.29, 0.717) is 0 Å². The van der Waals surface area contributed by atoms with Gasteiger partial charge in [-0.3, -0.25) is 0 Å². The Hall–Kier alpha value is -0.880. The van der Waals surface area contributed by atoms with Crippen LogP contribution in [0.25, 0.3) is 0 Å². The van der Waals surface area contributed by atoms with E-state index in [2.05, 4.69) is 18.8 Å².